The summed E-state index contributed by atoms with van der Waals surface area (Å²) in [6.45, 7) is 9.22. The second-order valence-corrected chi connectivity index (χ2v) is 9.37. The molecule has 0 bridgehead atoms. The summed E-state index contributed by atoms with van der Waals surface area (Å²) in [7, 11) is 2.07. The maximum absolute atomic E-state index is 11.2. The summed E-state index contributed by atoms with van der Waals surface area (Å²) >= 11 is 0. The molecule has 2 N–H and O–H groups in total. The van der Waals surface area contributed by atoms with E-state index >= 15 is 0 Å². The number of nitro groups is 1. The van der Waals surface area contributed by atoms with Crippen LogP contribution in [0.2, 0.25) is 0 Å². The Labute approximate surface area is 277 Å². The van der Waals surface area contributed by atoms with Gasteiger partial charge in [-0.2, -0.15) is 0 Å². The number of likely N-dealkylation sites (tertiary alicyclic amines) is 2. The van der Waals surface area contributed by atoms with Crippen LogP contribution in [0.5, 0.6) is 11.6 Å². The van der Waals surface area contributed by atoms with Crippen molar-refractivity contribution in [3.63, 3.8) is 0 Å². The molecule has 41 heavy (non-hydrogen) atoms. The molecule has 14 heteroatoms. The van der Waals surface area contributed by atoms with Gasteiger partial charge < -0.3 is 38.4 Å². The molecule has 2 fully saturated rings. The molecule has 1 radical (unpaired) electrons. The van der Waals surface area contributed by atoms with E-state index in [-0.39, 0.29) is 74.5 Å². The predicted molar refractivity (Wildman–Crippen MR) is 151 cm³/mol. The minimum Gasteiger partial charge on any atom is -0.481 e. The minimum atomic E-state index is -0.555. The van der Waals surface area contributed by atoms with Crippen molar-refractivity contribution in [1.82, 2.24) is 24.4 Å². The molecule has 1 aromatic carbocycles. The summed E-state index contributed by atoms with van der Waals surface area (Å²) in [6.07, 6.45) is 3.72. The quantitative estimate of drug-likeness (QED) is 0.178. The third kappa shape index (κ3) is 11.0. The molecule has 3 aromatic rings. The van der Waals surface area contributed by atoms with Gasteiger partial charge >= 0.3 is 31.1 Å². The molecule has 2 aliphatic rings. The first-order valence-electron chi connectivity index (χ1n) is 12.5. The number of carbonyl (C=O) groups is 1. The number of nitrogens with one attached hydrogen (secondary N) is 2. The number of hydrogen-bond acceptors (Lipinski definition) is 8. The predicted octanol–water partition coefficient (Wildman–Crippen LogP) is 5.56. The molecule has 0 atom stereocenters. The van der Waals surface area contributed by atoms with Crippen LogP contribution in [-0.4, -0.2) is 68.3 Å². The number of hydrogen-bond donors (Lipinski definition) is 0. The van der Waals surface area contributed by atoms with Crippen LogP contribution in [0.15, 0.2) is 54.6 Å². The van der Waals surface area contributed by atoms with Crippen molar-refractivity contribution in [2.45, 2.75) is 33.6 Å². The molecule has 2 aromatic heterocycles. The van der Waals surface area contributed by atoms with Gasteiger partial charge in [-0.25, -0.2) is 4.52 Å². The number of imidazole rings is 1. The summed E-state index contributed by atoms with van der Waals surface area (Å²) in [6, 6.07) is 10.8. The van der Waals surface area contributed by atoms with Crippen LogP contribution in [-0.2, 0) is 29.8 Å². The van der Waals surface area contributed by atoms with Crippen LogP contribution in [0.25, 0.3) is 17.1 Å². The number of carbonyl (C=O) groups excluding carboxylic acids is 1. The Morgan fingerprint density at radius 3 is 2.51 bits per heavy atom. The molecular weight excluding hydrogens is 789 g/mol. The van der Waals surface area contributed by atoms with Crippen LogP contribution < -0.4 is 4.74 Å². The maximum atomic E-state index is 11.2. The molecule has 12 nitrogen and oxygen atoms in total. The summed E-state index contributed by atoms with van der Waals surface area (Å²) < 4.78 is 7.18. The Morgan fingerprint density at radius 1 is 1.22 bits per heavy atom. The summed E-state index contributed by atoms with van der Waals surface area (Å²) in [5.74, 6) is 1.31. The molecular formula is C27H37N8O4UV-. The fraction of sp³-hybridized carbons (Fsp3) is 0.407. The van der Waals surface area contributed by atoms with Crippen LogP contribution in [0.1, 0.15) is 32.8 Å². The van der Waals surface area contributed by atoms with Crippen molar-refractivity contribution in [2.24, 2.45) is 5.41 Å². The maximum Gasteiger partial charge on any atom is 2.00 e. The molecule has 2 saturated heterocycles. The van der Waals surface area contributed by atoms with E-state index in [4.69, 9.17) is 16.2 Å². The Bertz CT molecular complexity index is 1310. The average Bonchev–Trinajstić information content (AvgIpc) is 3.43. The third-order valence-corrected chi connectivity index (χ3v) is 6.09. The average molecular weight is 827 g/mol. The van der Waals surface area contributed by atoms with E-state index in [0.29, 0.717) is 29.1 Å². The normalized spacial score (nSPS) is 15.0. The standard InChI is InChI=1S/C15H13N4O2.C9H15N4O2.C2H6.CH3.U.V/c1-10(20)7-11-3-2-4-12(8-11)21-15-6-5-14-17-13(16)9-19(14)18-15;1-11-5-9(6-11)2-3-12(7-9)8(10)4-13(14)15;1-2;;;/h2-6,8-9,16H,7H2,1H3;4,10H,2-3,5-7H2,1H3;1-2H3;1H3;;/q2*-1;;-1;+2;/b;8-4-;;;;. The van der Waals surface area contributed by atoms with Crippen molar-refractivity contribution in [2.75, 3.05) is 33.2 Å². The third-order valence-electron chi connectivity index (χ3n) is 6.09. The Kier molecular flexibility index (Phi) is 16.3. The zero-order valence-corrected chi connectivity index (χ0v) is 29.7. The first-order valence-corrected chi connectivity index (χ1v) is 12.5. The van der Waals surface area contributed by atoms with E-state index in [9.17, 15) is 14.9 Å². The van der Waals surface area contributed by atoms with E-state index in [1.807, 2.05) is 32.0 Å². The largest absolute Gasteiger partial charge is 2.00 e. The second-order valence-electron chi connectivity index (χ2n) is 9.37. The Balaban J connectivity index is 0.000000716. The number of rotatable bonds is 6. The topological polar surface area (TPSA) is 154 Å². The molecule has 4 heterocycles. The second kappa shape index (κ2) is 17.4. The van der Waals surface area contributed by atoms with Gasteiger partial charge in [-0.1, -0.05) is 26.0 Å². The van der Waals surface area contributed by atoms with Crippen molar-refractivity contribution in [1.29, 1.82) is 0 Å². The van der Waals surface area contributed by atoms with Gasteiger partial charge in [0.2, 0.25) is 12.1 Å². The molecule has 2 aliphatic heterocycles. The zero-order chi connectivity index (χ0) is 27.9. The smallest absolute Gasteiger partial charge is 0.481 e. The molecule has 5 rings (SSSR count). The van der Waals surface area contributed by atoms with E-state index in [0.717, 1.165) is 44.4 Å². The Morgan fingerprint density at radius 2 is 1.90 bits per heavy atom. The van der Waals surface area contributed by atoms with Crippen LogP contribution in [0.3, 0.4) is 0 Å². The van der Waals surface area contributed by atoms with Crippen molar-refractivity contribution < 1.29 is 64.1 Å². The summed E-state index contributed by atoms with van der Waals surface area (Å²) in [5.41, 5.74) is 16.8. The first kappa shape index (κ1) is 38.4. The van der Waals surface area contributed by atoms with Gasteiger partial charge in [-0.05, 0) is 68.5 Å². The monoisotopic (exact) mass is 826 g/mol. The van der Waals surface area contributed by atoms with Crippen LogP contribution in [0, 0.1) is 54.1 Å². The number of Topliss-reactive ketones (excluding diaryl/α,β-unsaturated/α-hetero) is 1. The van der Waals surface area contributed by atoms with Crippen LogP contribution >= 0.6 is 0 Å². The van der Waals surface area contributed by atoms with Gasteiger partial charge in [0.1, 0.15) is 11.5 Å². The van der Waals surface area contributed by atoms with Crippen molar-refractivity contribution >= 4 is 17.2 Å². The van der Waals surface area contributed by atoms with Gasteiger partial charge in [0, 0.05) is 56.2 Å². The zero-order valence-electron chi connectivity index (χ0n) is 24.1. The molecule has 0 unspecified atom stereocenters. The van der Waals surface area contributed by atoms with E-state index in [2.05, 4.69) is 22.0 Å². The van der Waals surface area contributed by atoms with E-state index < -0.39 is 4.92 Å². The van der Waals surface area contributed by atoms with E-state index in [1.165, 1.54) is 10.7 Å². The van der Waals surface area contributed by atoms with Crippen molar-refractivity contribution in [3.8, 4) is 11.6 Å². The fourth-order valence-electron chi connectivity index (χ4n) is 4.73. The molecule has 219 valence electrons. The van der Waals surface area contributed by atoms with Gasteiger partial charge in [0.05, 0.1) is 10.6 Å². The van der Waals surface area contributed by atoms with Gasteiger partial charge in [-0.15, -0.1) is 5.10 Å². The number of benzene rings is 1. The fourth-order valence-corrected chi connectivity index (χ4v) is 4.73. The Hall–Kier alpha value is -2.55. The van der Waals surface area contributed by atoms with Gasteiger partial charge in [0.25, 0.3) is 0 Å². The first-order chi connectivity index (χ1) is 18.1. The number of nitrogens with zero attached hydrogens (tertiary/aromatic N) is 6. The number of ether oxygens (including phenoxy) is 1. The SMILES string of the molecule is CC.CC(=O)Cc1cccc(Oc2ccc3nc([NH-])cn3n2)c1.CN1CC2(CCN(/C([NH-])=C\[N+](=O)[O-])C2)C1.[CH3-].[U+2].[V]. The van der Waals surface area contributed by atoms with E-state index in [1.54, 1.807) is 30.0 Å². The summed E-state index contributed by atoms with van der Waals surface area (Å²) in [4.78, 5) is 28.9. The molecule has 0 aliphatic carbocycles. The number of ketones is 1. The minimum absolute atomic E-state index is 0. The number of aromatic nitrogens is 3. The van der Waals surface area contributed by atoms with Gasteiger partial charge in [-0.3, -0.25) is 14.9 Å². The summed E-state index contributed by atoms with van der Waals surface area (Å²) in [5, 5.41) is 14.5. The molecule has 0 saturated carbocycles. The van der Waals surface area contributed by atoms with Crippen LogP contribution in [0.4, 0.5) is 5.82 Å². The van der Waals surface area contributed by atoms with Gasteiger partial charge in [0.15, 0.2) is 0 Å². The molecule has 0 amide bonds. The van der Waals surface area contributed by atoms with Crippen molar-refractivity contribution in [3.05, 3.63) is 89.2 Å². The number of fused-ring (bicyclic) bond motifs is 1. The molecule has 1 spiro atoms.